The average molecular weight is 333 g/mol. The van der Waals surface area contributed by atoms with Crippen molar-refractivity contribution in [2.45, 2.75) is 13.3 Å². The number of para-hydroxylation sites is 1. The van der Waals surface area contributed by atoms with Crippen molar-refractivity contribution in [3.8, 4) is 0 Å². The van der Waals surface area contributed by atoms with E-state index in [1.807, 2.05) is 30.5 Å². The second kappa shape index (κ2) is 7.34. The lowest BCUT2D eigenvalue weighted by Gasteiger charge is -2.12. The van der Waals surface area contributed by atoms with Crippen molar-refractivity contribution in [1.82, 2.24) is 9.88 Å². The van der Waals surface area contributed by atoms with Crippen molar-refractivity contribution < 1.29 is 4.79 Å². The molecule has 0 bridgehead atoms. The smallest absolute Gasteiger partial charge is 0.253 e. The van der Waals surface area contributed by atoms with Gasteiger partial charge in [-0.25, -0.2) is 0 Å². The number of aromatic nitrogens is 1. The Hall–Kier alpha value is -2.88. The van der Waals surface area contributed by atoms with E-state index in [0.717, 1.165) is 40.7 Å². The molecule has 3 rings (SSSR count). The van der Waals surface area contributed by atoms with Gasteiger partial charge in [-0.05, 0) is 42.7 Å². The van der Waals surface area contributed by atoms with Gasteiger partial charge >= 0.3 is 0 Å². The molecule has 1 amide bonds. The molecular formula is C21H23N3O. The van der Waals surface area contributed by atoms with Crippen LogP contribution in [-0.4, -0.2) is 36.4 Å². The third-order valence-electron chi connectivity index (χ3n) is 4.28. The van der Waals surface area contributed by atoms with Crippen LogP contribution in [0.2, 0.25) is 0 Å². The highest BCUT2D eigenvalue weighted by Crippen LogP contribution is 2.23. The van der Waals surface area contributed by atoms with Crippen LogP contribution in [-0.2, 0) is 6.42 Å². The molecule has 4 nitrogen and oxygen atoms in total. The summed E-state index contributed by atoms with van der Waals surface area (Å²) in [6.45, 7) is 2.87. The first-order valence-electron chi connectivity index (χ1n) is 8.45. The normalized spacial score (nSPS) is 10.7. The number of carbonyl (C=O) groups excluding carboxylic acids is 1. The minimum Gasteiger partial charge on any atom is -0.384 e. The maximum absolute atomic E-state index is 12.1. The van der Waals surface area contributed by atoms with Gasteiger partial charge in [-0.15, -0.1) is 0 Å². The van der Waals surface area contributed by atoms with Gasteiger partial charge in [-0.1, -0.05) is 30.3 Å². The number of hydrogen-bond acceptors (Lipinski definition) is 3. The lowest BCUT2D eigenvalue weighted by Crippen LogP contribution is -2.21. The van der Waals surface area contributed by atoms with Crippen molar-refractivity contribution in [2.24, 2.45) is 0 Å². The summed E-state index contributed by atoms with van der Waals surface area (Å²) in [5.74, 6) is 0.0328. The van der Waals surface area contributed by atoms with Crippen LogP contribution >= 0.6 is 0 Å². The quantitative estimate of drug-likeness (QED) is 0.770. The number of pyridine rings is 1. The van der Waals surface area contributed by atoms with E-state index in [2.05, 4.69) is 41.5 Å². The third kappa shape index (κ3) is 3.79. The largest absolute Gasteiger partial charge is 0.384 e. The molecule has 0 aliphatic rings. The molecule has 1 heterocycles. The second-order valence-corrected chi connectivity index (χ2v) is 6.41. The van der Waals surface area contributed by atoms with Crippen molar-refractivity contribution in [2.75, 3.05) is 26.0 Å². The molecule has 4 heteroatoms. The van der Waals surface area contributed by atoms with Crippen LogP contribution in [0.4, 0.5) is 5.69 Å². The van der Waals surface area contributed by atoms with E-state index in [1.165, 1.54) is 5.56 Å². The predicted octanol–water partition coefficient (Wildman–Crippen LogP) is 3.90. The van der Waals surface area contributed by atoms with Crippen LogP contribution in [0.1, 0.15) is 21.5 Å². The SMILES string of the molecule is Cc1cccc2c(NCCc3cccc(C(=O)N(C)C)c3)ccnc12. The van der Waals surface area contributed by atoms with Crippen molar-refractivity contribution in [3.63, 3.8) is 0 Å². The Kier molecular flexibility index (Phi) is 4.98. The maximum atomic E-state index is 12.1. The second-order valence-electron chi connectivity index (χ2n) is 6.41. The number of nitrogens with one attached hydrogen (secondary N) is 1. The van der Waals surface area contributed by atoms with Gasteiger partial charge in [0.15, 0.2) is 0 Å². The van der Waals surface area contributed by atoms with E-state index in [-0.39, 0.29) is 5.91 Å². The highest BCUT2D eigenvalue weighted by atomic mass is 16.2. The zero-order valence-electron chi connectivity index (χ0n) is 14.9. The van der Waals surface area contributed by atoms with E-state index in [9.17, 15) is 4.79 Å². The van der Waals surface area contributed by atoms with E-state index in [4.69, 9.17) is 0 Å². The fourth-order valence-corrected chi connectivity index (χ4v) is 2.94. The molecule has 1 aromatic heterocycles. The van der Waals surface area contributed by atoms with Crippen molar-refractivity contribution in [1.29, 1.82) is 0 Å². The van der Waals surface area contributed by atoms with Gasteiger partial charge in [-0.3, -0.25) is 9.78 Å². The Morgan fingerprint density at radius 1 is 1.12 bits per heavy atom. The summed E-state index contributed by atoms with van der Waals surface area (Å²) in [6, 6.07) is 16.1. The predicted molar refractivity (Wildman–Crippen MR) is 103 cm³/mol. The first kappa shape index (κ1) is 17.0. The van der Waals surface area contributed by atoms with Gasteiger partial charge in [0.2, 0.25) is 0 Å². The highest BCUT2D eigenvalue weighted by Gasteiger charge is 2.08. The number of benzene rings is 2. The molecular weight excluding hydrogens is 310 g/mol. The summed E-state index contributed by atoms with van der Waals surface area (Å²) in [6.07, 6.45) is 2.69. The van der Waals surface area contributed by atoms with Gasteiger partial charge in [-0.2, -0.15) is 0 Å². The van der Waals surface area contributed by atoms with Crippen LogP contribution in [0.15, 0.2) is 54.7 Å². The Morgan fingerprint density at radius 2 is 1.92 bits per heavy atom. The Balaban J connectivity index is 1.71. The van der Waals surface area contributed by atoms with Crippen LogP contribution in [0.3, 0.4) is 0 Å². The average Bonchev–Trinajstić information content (AvgIpc) is 2.62. The summed E-state index contributed by atoms with van der Waals surface area (Å²) in [5.41, 5.74) is 5.18. The molecule has 1 N–H and O–H groups in total. The van der Waals surface area contributed by atoms with Gasteiger partial charge < -0.3 is 10.2 Å². The van der Waals surface area contributed by atoms with E-state index in [0.29, 0.717) is 0 Å². The molecule has 0 saturated heterocycles. The van der Waals surface area contributed by atoms with Crippen molar-refractivity contribution in [3.05, 3.63) is 71.4 Å². The first-order valence-corrected chi connectivity index (χ1v) is 8.45. The van der Waals surface area contributed by atoms with E-state index >= 15 is 0 Å². The molecule has 0 fully saturated rings. The number of anilines is 1. The molecule has 0 saturated carbocycles. The molecule has 0 aliphatic carbocycles. The summed E-state index contributed by atoms with van der Waals surface area (Å²) in [4.78, 5) is 18.1. The number of rotatable bonds is 5. The lowest BCUT2D eigenvalue weighted by molar-refractivity contribution is 0.0827. The van der Waals surface area contributed by atoms with Gasteiger partial charge in [0.25, 0.3) is 5.91 Å². The highest BCUT2D eigenvalue weighted by molar-refractivity contribution is 5.94. The molecule has 128 valence electrons. The molecule has 0 atom stereocenters. The number of hydrogen-bond donors (Lipinski definition) is 1. The van der Waals surface area contributed by atoms with Gasteiger partial charge in [0.05, 0.1) is 5.52 Å². The fraction of sp³-hybridized carbons (Fsp3) is 0.238. The van der Waals surface area contributed by atoms with Gasteiger partial charge in [0, 0.05) is 43.5 Å². The Labute approximate surface area is 148 Å². The minimum atomic E-state index is 0.0328. The zero-order chi connectivity index (χ0) is 17.8. The Bertz CT molecular complexity index is 903. The maximum Gasteiger partial charge on any atom is 0.253 e. The molecule has 3 aromatic rings. The molecule has 0 spiro atoms. The summed E-state index contributed by atoms with van der Waals surface area (Å²) in [5, 5.41) is 4.64. The molecule has 0 aliphatic heterocycles. The monoisotopic (exact) mass is 333 g/mol. The van der Waals surface area contributed by atoms with Crippen LogP contribution in [0.25, 0.3) is 10.9 Å². The number of fused-ring (bicyclic) bond motifs is 1. The Morgan fingerprint density at radius 3 is 2.72 bits per heavy atom. The molecule has 0 radical (unpaired) electrons. The van der Waals surface area contributed by atoms with Gasteiger partial charge in [0.1, 0.15) is 0 Å². The minimum absolute atomic E-state index is 0.0328. The molecule has 2 aromatic carbocycles. The standard InChI is InChI=1S/C21H23N3O/c1-15-6-4-9-18-19(11-13-23-20(15)18)22-12-10-16-7-5-8-17(14-16)21(25)24(2)3/h4-9,11,13-14H,10,12H2,1-3H3,(H,22,23). The summed E-state index contributed by atoms with van der Waals surface area (Å²) >= 11 is 0. The van der Waals surface area contributed by atoms with Crippen LogP contribution in [0, 0.1) is 6.92 Å². The van der Waals surface area contributed by atoms with Crippen LogP contribution in [0.5, 0.6) is 0 Å². The van der Waals surface area contributed by atoms with Crippen LogP contribution < -0.4 is 5.32 Å². The molecule has 25 heavy (non-hydrogen) atoms. The topological polar surface area (TPSA) is 45.2 Å². The van der Waals surface area contributed by atoms with Crippen molar-refractivity contribution >= 4 is 22.5 Å². The summed E-state index contributed by atoms with van der Waals surface area (Å²) in [7, 11) is 3.54. The molecule has 0 unspecified atom stereocenters. The number of amides is 1. The first-order chi connectivity index (χ1) is 12.1. The lowest BCUT2D eigenvalue weighted by atomic mass is 10.1. The number of nitrogens with zero attached hydrogens (tertiary/aromatic N) is 2. The number of aryl methyl sites for hydroxylation is 1. The fourth-order valence-electron chi connectivity index (χ4n) is 2.94. The number of carbonyl (C=O) groups is 1. The zero-order valence-corrected chi connectivity index (χ0v) is 14.9. The summed E-state index contributed by atoms with van der Waals surface area (Å²) < 4.78 is 0. The third-order valence-corrected chi connectivity index (χ3v) is 4.28. The van der Waals surface area contributed by atoms with E-state index in [1.54, 1.807) is 19.0 Å². The van der Waals surface area contributed by atoms with E-state index < -0.39 is 0 Å².